The minimum atomic E-state index is 0.306. The molecule has 1 aromatic heterocycles. The molecule has 0 radical (unpaired) electrons. The number of aromatic nitrogens is 1. The van der Waals surface area contributed by atoms with Crippen LogP contribution in [0.5, 0.6) is 0 Å². The van der Waals surface area contributed by atoms with Crippen LogP contribution in [0.25, 0.3) is 0 Å². The molecule has 0 saturated heterocycles. The Hall–Kier alpha value is -0.410. The molecule has 1 aromatic rings. The summed E-state index contributed by atoms with van der Waals surface area (Å²) in [5.41, 5.74) is 7.59. The van der Waals surface area contributed by atoms with Gasteiger partial charge in [0.1, 0.15) is 0 Å². The summed E-state index contributed by atoms with van der Waals surface area (Å²) in [7, 11) is 0. The molecule has 0 amide bonds. The van der Waals surface area contributed by atoms with Crippen LogP contribution >= 0.6 is 11.3 Å². The van der Waals surface area contributed by atoms with E-state index in [1.165, 1.54) is 4.88 Å². The van der Waals surface area contributed by atoms with Gasteiger partial charge in [0.05, 0.1) is 5.51 Å². The van der Waals surface area contributed by atoms with E-state index in [-0.39, 0.29) is 0 Å². The van der Waals surface area contributed by atoms with E-state index in [9.17, 15) is 0 Å². The summed E-state index contributed by atoms with van der Waals surface area (Å²) in [4.78, 5) is 5.26. The Morgan fingerprint density at radius 2 is 2.60 bits per heavy atom. The molecule has 2 N–H and O–H groups in total. The number of nitrogens with zero attached hydrogens (tertiary/aromatic N) is 1. The molecule has 3 heteroatoms. The van der Waals surface area contributed by atoms with Gasteiger partial charge < -0.3 is 5.73 Å². The number of nitrogens with two attached hydrogens (primary N) is 1. The zero-order chi connectivity index (χ0) is 7.40. The van der Waals surface area contributed by atoms with Crippen molar-refractivity contribution in [3.63, 3.8) is 0 Å². The van der Waals surface area contributed by atoms with Crippen molar-refractivity contribution in [1.29, 1.82) is 0 Å². The second-order valence-corrected chi connectivity index (χ2v) is 3.31. The second-order valence-electron chi connectivity index (χ2n) is 2.34. The normalized spacial score (nSPS) is 13.4. The summed E-state index contributed by atoms with van der Waals surface area (Å²) in [6.45, 7) is 2.10. The number of hydrogen-bond acceptors (Lipinski definition) is 3. The van der Waals surface area contributed by atoms with Gasteiger partial charge in [-0.25, -0.2) is 0 Å². The van der Waals surface area contributed by atoms with Gasteiger partial charge in [-0.15, -0.1) is 11.3 Å². The monoisotopic (exact) mass is 156 g/mol. The SMILES string of the molecule is CCC(N)Cc1cncs1. The highest BCUT2D eigenvalue weighted by Crippen LogP contribution is 2.08. The standard InChI is InChI=1S/C7H12N2S/c1-2-6(8)3-7-4-9-5-10-7/h4-6H,2-3,8H2,1H3. The fourth-order valence-electron chi connectivity index (χ4n) is 0.746. The zero-order valence-corrected chi connectivity index (χ0v) is 6.90. The van der Waals surface area contributed by atoms with E-state index in [4.69, 9.17) is 5.73 Å². The maximum atomic E-state index is 5.74. The largest absolute Gasteiger partial charge is 0.327 e. The van der Waals surface area contributed by atoms with Crippen LogP contribution in [0.3, 0.4) is 0 Å². The average molecular weight is 156 g/mol. The van der Waals surface area contributed by atoms with Crippen molar-refractivity contribution in [2.75, 3.05) is 0 Å². The topological polar surface area (TPSA) is 38.9 Å². The minimum absolute atomic E-state index is 0.306. The molecule has 0 aliphatic rings. The Bertz CT molecular complexity index is 172. The molecule has 0 fully saturated rings. The molecule has 1 heterocycles. The number of hydrogen-bond donors (Lipinski definition) is 1. The van der Waals surface area contributed by atoms with E-state index in [0.29, 0.717) is 6.04 Å². The first-order valence-corrected chi connectivity index (χ1v) is 4.34. The van der Waals surface area contributed by atoms with Crippen molar-refractivity contribution in [2.24, 2.45) is 5.73 Å². The Labute approximate surface area is 65.1 Å². The number of rotatable bonds is 3. The predicted molar refractivity (Wildman–Crippen MR) is 44.1 cm³/mol. The third-order valence-electron chi connectivity index (χ3n) is 1.47. The summed E-state index contributed by atoms with van der Waals surface area (Å²) in [5, 5.41) is 0. The van der Waals surface area contributed by atoms with Gasteiger partial charge in [0.2, 0.25) is 0 Å². The van der Waals surface area contributed by atoms with Crippen molar-refractivity contribution < 1.29 is 0 Å². The lowest BCUT2D eigenvalue weighted by Gasteiger charge is -2.04. The first kappa shape index (κ1) is 7.69. The maximum absolute atomic E-state index is 5.74. The van der Waals surface area contributed by atoms with Crippen molar-refractivity contribution >= 4 is 11.3 Å². The molecule has 0 spiro atoms. The molecule has 0 saturated carbocycles. The highest BCUT2D eigenvalue weighted by atomic mass is 32.1. The highest BCUT2D eigenvalue weighted by Gasteiger charge is 2.01. The molecular weight excluding hydrogens is 144 g/mol. The van der Waals surface area contributed by atoms with Crippen LogP contribution in [0.2, 0.25) is 0 Å². The van der Waals surface area contributed by atoms with Gasteiger partial charge in [-0.2, -0.15) is 0 Å². The van der Waals surface area contributed by atoms with Crippen molar-refractivity contribution in [2.45, 2.75) is 25.8 Å². The van der Waals surface area contributed by atoms with Crippen LogP contribution in [0.4, 0.5) is 0 Å². The lowest BCUT2D eigenvalue weighted by molar-refractivity contribution is 0.651. The van der Waals surface area contributed by atoms with E-state index < -0.39 is 0 Å². The fraction of sp³-hybridized carbons (Fsp3) is 0.571. The summed E-state index contributed by atoms with van der Waals surface area (Å²) < 4.78 is 0. The molecule has 10 heavy (non-hydrogen) atoms. The third-order valence-corrected chi connectivity index (χ3v) is 2.27. The Morgan fingerprint density at radius 3 is 3.10 bits per heavy atom. The Balaban J connectivity index is 2.40. The maximum Gasteiger partial charge on any atom is 0.0794 e. The van der Waals surface area contributed by atoms with Crippen LogP contribution < -0.4 is 5.73 Å². The fourth-order valence-corrected chi connectivity index (χ4v) is 1.43. The van der Waals surface area contributed by atoms with E-state index in [1.54, 1.807) is 11.3 Å². The highest BCUT2D eigenvalue weighted by molar-refractivity contribution is 7.09. The lowest BCUT2D eigenvalue weighted by atomic mass is 10.1. The summed E-state index contributed by atoms with van der Waals surface area (Å²) in [5.74, 6) is 0. The average Bonchev–Trinajstić information content (AvgIpc) is 2.40. The van der Waals surface area contributed by atoms with E-state index in [1.807, 2.05) is 11.7 Å². The minimum Gasteiger partial charge on any atom is -0.327 e. The van der Waals surface area contributed by atoms with Gasteiger partial charge in [0.25, 0.3) is 0 Å². The summed E-state index contributed by atoms with van der Waals surface area (Å²) in [6, 6.07) is 0.306. The van der Waals surface area contributed by atoms with Crippen molar-refractivity contribution in [1.82, 2.24) is 4.98 Å². The quantitative estimate of drug-likeness (QED) is 0.719. The second kappa shape index (κ2) is 3.68. The van der Waals surface area contributed by atoms with Crippen LogP contribution in [0.15, 0.2) is 11.7 Å². The predicted octanol–water partition coefficient (Wildman–Crippen LogP) is 1.42. The molecule has 0 aliphatic carbocycles. The smallest absolute Gasteiger partial charge is 0.0794 e. The molecule has 1 rings (SSSR count). The van der Waals surface area contributed by atoms with Crippen LogP contribution in [-0.4, -0.2) is 11.0 Å². The summed E-state index contributed by atoms with van der Waals surface area (Å²) in [6.07, 6.45) is 3.90. The van der Waals surface area contributed by atoms with Crippen LogP contribution in [-0.2, 0) is 6.42 Å². The molecule has 56 valence electrons. The van der Waals surface area contributed by atoms with Crippen molar-refractivity contribution in [3.05, 3.63) is 16.6 Å². The van der Waals surface area contributed by atoms with Crippen molar-refractivity contribution in [3.8, 4) is 0 Å². The van der Waals surface area contributed by atoms with E-state index >= 15 is 0 Å². The first-order chi connectivity index (χ1) is 4.83. The van der Waals surface area contributed by atoms with Gasteiger partial charge in [-0.3, -0.25) is 4.98 Å². The van der Waals surface area contributed by atoms with Gasteiger partial charge in [0.15, 0.2) is 0 Å². The third kappa shape index (κ3) is 2.08. The zero-order valence-electron chi connectivity index (χ0n) is 6.08. The molecular formula is C7H12N2S. The molecule has 1 unspecified atom stereocenters. The lowest BCUT2D eigenvalue weighted by Crippen LogP contribution is -2.20. The Kier molecular flexibility index (Phi) is 2.83. The summed E-state index contributed by atoms with van der Waals surface area (Å²) >= 11 is 1.68. The molecule has 0 bridgehead atoms. The van der Waals surface area contributed by atoms with Gasteiger partial charge >= 0.3 is 0 Å². The van der Waals surface area contributed by atoms with Gasteiger partial charge in [0, 0.05) is 17.1 Å². The first-order valence-electron chi connectivity index (χ1n) is 3.46. The molecule has 0 aliphatic heterocycles. The van der Waals surface area contributed by atoms with Gasteiger partial charge in [-0.1, -0.05) is 6.92 Å². The molecule has 2 nitrogen and oxygen atoms in total. The molecule has 1 atom stereocenters. The number of thiazole rings is 1. The van der Waals surface area contributed by atoms with Crippen LogP contribution in [0, 0.1) is 0 Å². The van der Waals surface area contributed by atoms with E-state index in [0.717, 1.165) is 12.8 Å². The van der Waals surface area contributed by atoms with E-state index in [2.05, 4.69) is 11.9 Å². The molecule has 0 aromatic carbocycles. The van der Waals surface area contributed by atoms with Crippen LogP contribution in [0.1, 0.15) is 18.2 Å². The Morgan fingerprint density at radius 1 is 1.80 bits per heavy atom. The van der Waals surface area contributed by atoms with Gasteiger partial charge in [-0.05, 0) is 12.8 Å².